The van der Waals surface area contributed by atoms with Crippen molar-refractivity contribution in [1.29, 1.82) is 5.26 Å². The fraction of sp³-hybridized carbons (Fsp3) is 0.300. The van der Waals surface area contributed by atoms with Gasteiger partial charge in [-0.25, -0.2) is 8.42 Å². The quantitative estimate of drug-likeness (QED) is 0.836. The molecule has 1 amide bonds. The summed E-state index contributed by atoms with van der Waals surface area (Å²) in [6, 6.07) is 13.6. The Morgan fingerprint density at radius 2 is 1.88 bits per heavy atom. The number of hydrogen-bond acceptors (Lipinski definition) is 4. The van der Waals surface area contributed by atoms with Gasteiger partial charge in [-0.3, -0.25) is 4.79 Å². The number of rotatable bonds is 6. The van der Waals surface area contributed by atoms with E-state index in [0.29, 0.717) is 5.69 Å². The minimum absolute atomic E-state index is 0.0926. The summed E-state index contributed by atoms with van der Waals surface area (Å²) in [6.07, 6.45) is 0.173. The molecule has 0 heterocycles. The Bertz CT molecular complexity index is 959. The molecular formula is C20H22N2O3S. The summed E-state index contributed by atoms with van der Waals surface area (Å²) >= 11 is 0. The predicted octanol–water partition coefficient (Wildman–Crippen LogP) is 3.88. The summed E-state index contributed by atoms with van der Waals surface area (Å²) in [5.74, 6) is -0.753. The molecule has 2 aromatic rings. The van der Waals surface area contributed by atoms with Crippen LogP contribution in [0.3, 0.4) is 0 Å². The highest BCUT2D eigenvalue weighted by Crippen LogP contribution is 2.19. The van der Waals surface area contributed by atoms with Crippen molar-refractivity contribution in [2.45, 2.75) is 32.1 Å². The van der Waals surface area contributed by atoms with Crippen molar-refractivity contribution in [3.8, 4) is 6.07 Å². The van der Waals surface area contributed by atoms with Gasteiger partial charge in [-0.2, -0.15) is 5.26 Å². The summed E-state index contributed by atoms with van der Waals surface area (Å²) in [6.45, 7) is 5.67. The first kappa shape index (κ1) is 19.7. The number of carbonyl (C=O) groups excluding carboxylic acids is 1. The fourth-order valence-electron chi connectivity index (χ4n) is 2.54. The number of carbonyl (C=O) groups is 1. The van der Waals surface area contributed by atoms with Gasteiger partial charge >= 0.3 is 0 Å². The van der Waals surface area contributed by atoms with Crippen LogP contribution in [0.4, 0.5) is 5.69 Å². The molecule has 1 atom stereocenters. The molecular weight excluding hydrogens is 348 g/mol. The van der Waals surface area contributed by atoms with Gasteiger partial charge in [0, 0.05) is 17.7 Å². The standard InChI is InChI=1S/C20H22N2O3S/c1-14(9-10-21)13-26(24,25)19-6-4-5-17(12-19)20(23)22-18-8-7-15(2)16(3)11-18/h4-8,11-12,14H,9,13H2,1-3H3,(H,22,23). The van der Waals surface area contributed by atoms with Crippen LogP contribution in [-0.2, 0) is 9.84 Å². The number of anilines is 1. The van der Waals surface area contributed by atoms with Crippen molar-refractivity contribution in [2.24, 2.45) is 5.92 Å². The second-order valence-corrected chi connectivity index (χ2v) is 8.56. The van der Waals surface area contributed by atoms with E-state index in [0.717, 1.165) is 11.1 Å². The van der Waals surface area contributed by atoms with Crippen molar-refractivity contribution >= 4 is 21.4 Å². The largest absolute Gasteiger partial charge is 0.322 e. The van der Waals surface area contributed by atoms with Crippen LogP contribution >= 0.6 is 0 Å². The number of hydrogen-bond donors (Lipinski definition) is 1. The van der Waals surface area contributed by atoms with E-state index in [-0.39, 0.29) is 34.5 Å². The maximum absolute atomic E-state index is 12.5. The van der Waals surface area contributed by atoms with E-state index in [1.165, 1.54) is 12.1 Å². The molecule has 26 heavy (non-hydrogen) atoms. The third-order valence-electron chi connectivity index (χ3n) is 4.16. The molecule has 2 aromatic carbocycles. The Balaban J connectivity index is 2.21. The van der Waals surface area contributed by atoms with Gasteiger partial charge in [0.25, 0.3) is 5.91 Å². The van der Waals surface area contributed by atoms with Crippen molar-refractivity contribution in [2.75, 3.05) is 11.1 Å². The molecule has 0 aliphatic carbocycles. The van der Waals surface area contributed by atoms with Gasteiger partial charge < -0.3 is 5.32 Å². The van der Waals surface area contributed by atoms with Gasteiger partial charge in [-0.1, -0.05) is 19.1 Å². The van der Waals surface area contributed by atoms with E-state index in [1.807, 2.05) is 38.1 Å². The van der Waals surface area contributed by atoms with E-state index < -0.39 is 9.84 Å². The maximum Gasteiger partial charge on any atom is 0.255 e. The average molecular weight is 370 g/mol. The minimum Gasteiger partial charge on any atom is -0.322 e. The number of nitrogens with one attached hydrogen (secondary N) is 1. The van der Waals surface area contributed by atoms with Gasteiger partial charge in [-0.05, 0) is 61.2 Å². The molecule has 5 nitrogen and oxygen atoms in total. The zero-order chi connectivity index (χ0) is 19.3. The lowest BCUT2D eigenvalue weighted by molar-refractivity contribution is 0.102. The first-order valence-electron chi connectivity index (χ1n) is 8.31. The van der Waals surface area contributed by atoms with Gasteiger partial charge in [0.2, 0.25) is 0 Å². The van der Waals surface area contributed by atoms with Crippen LogP contribution in [-0.4, -0.2) is 20.1 Å². The predicted molar refractivity (Wildman–Crippen MR) is 102 cm³/mol. The highest BCUT2D eigenvalue weighted by molar-refractivity contribution is 7.91. The number of nitriles is 1. The van der Waals surface area contributed by atoms with Crippen molar-refractivity contribution < 1.29 is 13.2 Å². The molecule has 0 radical (unpaired) electrons. The van der Waals surface area contributed by atoms with Crippen LogP contribution in [0.2, 0.25) is 0 Å². The summed E-state index contributed by atoms with van der Waals surface area (Å²) in [7, 11) is -3.55. The lowest BCUT2D eigenvalue weighted by Gasteiger charge is -2.11. The van der Waals surface area contributed by atoms with Gasteiger partial charge in [0.05, 0.1) is 16.7 Å². The molecule has 0 saturated carbocycles. The monoisotopic (exact) mass is 370 g/mol. The van der Waals surface area contributed by atoms with Gasteiger partial charge in [0.1, 0.15) is 0 Å². The molecule has 0 aromatic heterocycles. The van der Waals surface area contributed by atoms with Crippen molar-refractivity contribution in [3.05, 3.63) is 59.2 Å². The Labute approximate surface area is 154 Å². The van der Waals surface area contributed by atoms with Crippen LogP contribution in [0.1, 0.15) is 34.8 Å². The molecule has 1 N–H and O–H groups in total. The Morgan fingerprint density at radius 3 is 2.54 bits per heavy atom. The molecule has 0 saturated heterocycles. The van der Waals surface area contributed by atoms with Gasteiger partial charge in [0.15, 0.2) is 9.84 Å². The Kier molecular flexibility index (Phi) is 6.17. The van der Waals surface area contributed by atoms with Crippen LogP contribution in [0.5, 0.6) is 0 Å². The molecule has 2 rings (SSSR count). The van der Waals surface area contributed by atoms with E-state index in [9.17, 15) is 13.2 Å². The Morgan fingerprint density at radius 1 is 1.15 bits per heavy atom. The third kappa shape index (κ3) is 4.93. The van der Waals surface area contributed by atoms with Crippen LogP contribution in [0.15, 0.2) is 47.4 Å². The summed E-state index contributed by atoms with van der Waals surface area (Å²) in [5.41, 5.74) is 3.12. The second kappa shape index (κ2) is 8.15. The molecule has 1 unspecified atom stereocenters. The molecule has 0 spiro atoms. The number of amides is 1. The van der Waals surface area contributed by atoms with Gasteiger partial charge in [-0.15, -0.1) is 0 Å². The lowest BCUT2D eigenvalue weighted by Crippen LogP contribution is -2.16. The molecule has 0 bridgehead atoms. The zero-order valence-corrected chi connectivity index (χ0v) is 15.9. The number of benzene rings is 2. The smallest absolute Gasteiger partial charge is 0.255 e. The first-order valence-corrected chi connectivity index (χ1v) is 9.96. The average Bonchev–Trinajstić information content (AvgIpc) is 2.58. The highest BCUT2D eigenvalue weighted by Gasteiger charge is 2.20. The second-order valence-electron chi connectivity index (χ2n) is 6.53. The molecule has 136 valence electrons. The summed E-state index contributed by atoms with van der Waals surface area (Å²) in [4.78, 5) is 12.6. The minimum atomic E-state index is -3.55. The number of sulfone groups is 1. The van der Waals surface area contributed by atoms with E-state index in [1.54, 1.807) is 19.1 Å². The number of aryl methyl sites for hydroxylation is 2. The highest BCUT2D eigenvalue weighted by atomic mass is 32.2. The molecule has 6 heteroatoms. The van der Waals surface area contributed by atoms with E-state index >= 15 is 0 Å². The molecule has 0 aliphatic heterocycles. The third-order valence-corrected chi connectivity index (χ3v) is 6.14. The summed E-state index contributed by atoms with van der Waals surface area (Å²) in [5, 5.41) is 11.5. The number of nitrogens with zero attached hydrogens (tertiary/aromatic N) is 1. The van der Waals surface area contributed by atoms with Crippen molar-refractivity contribution in [1.82, 2.24) is 0 Å². The van der Waals surface area contributed by atoms with E-state index in [4.69, 9.17) is 5.26 Å². The zero-order valence-electron chi connectivity index (χ0n) is 15.1. The van der Waals surface area contributed by atoms with Crippen molar-refractivity contribution in [3.63, 3.8) is 0 Å². The molecule has 0 fully saturated rings. The SMILES string of the molecule is Cc1ccc(NC(=O)c2cccc(S(=O)(=O)CC(C)CC#N)c2)cc1C. The molecule has 0 aliphatic rings. The first-order chi connectivity index (χ1) is 12.2. The van der Waals surface area contributed by atoms with Crippen LogP contribution in [0, 0.1) is 31.1 Å². The normalized spacial score (nSPS) is 12.2. The maximum atomic E-state index is 12.5. The summed E-state index contributed by atoms with van der Waals surface area (Å²) < 4.78 is 25.0. The topological polar surface area (TPSA) is 87.0 Å². The Hall–Kier alpha value is -2.65. The van der Waals surface area contributed by atoms with Crippen LogP contribution < -0.4 is 5.32 Å². The van der Waals surface area contributed by atoms with Crippen LogP contribution in [0.25, 0.3) is 0 Å². The lowest BCUT2D eigenvalue weighted by atomic mass is 10.1. The fourth-order valence-corrected chi connectivity index (χ4v) is 4.19. The van der Waals surface area contributed by atoms with E-state index in [2.05, 4.69) is 5.32 Å².